The van der Waals surface area contributed by atoms with Crippen molar-refractivity contribution in [2.45, 2.75) is 289 Å². The standard InChI is InChI=1S/C57H109NO8/c1-6-8-10-12-14-16-18-20-22-24-26-27-28-30-31-33-35-37-39-41-43-45-47-54(59)64-51-53(52-65-57(56(61)62)63-50-49-58(3,4)5)66-55(60)48-46-44-42-40-38-36-34-32-29-25-23-21-19-17-15-13-11-9-7-2/h21,23,53,57H,6-20,22,24-52H2,1-5H3/p+1/b23-21-. The number of carbonyl (C=O) groups is 3. The van der Waals surface area contributed by atoms with Crippen LogP contribution in [0.4, 0.5) is 0 Å². The number of hydrogen-bond donors (Lipinski definition) is 1. The number of ether oxygens (including phenoxy) is 4. The molecule has 0 aliphatic heterocycles. The number of nitrogens with zero attached hydrogens (tertiary/aromatic N) is 1. The van der Waals surface area contributed by atoms with E-state index in [4.69, 9.17) is 18.9 Å². The summed E-state index contributed by atoms with van der Waals surface area (Å²) in [5, 5.41) is 9.69. The molecule has 0 saturated carbocycles. The van der Waals surface area contributed by atoms with Gasteiger partial charge in [0, 0.05) is 12.8 Å². The summed E-state index contributed by atoms with van der Waals surface area (Å²) in [5.74, 6) is -1.98. The summed E-state index contributed by atoms with van der Waals surface area (Å²) in [6.45, 7) is 4.92. The van der Waals surface area contributed by atoms with Gasteiger partial charge in [-0.15, -0.1) is 0 Å². The minimum absolute atomic E-state index is 0.176. The molecule has 0 spiro atoms. The van der Waals surface area contributed by atoms with Gasteiger partial charge in [-0.1, -0.05) is 238 Å². The molecule has 0 aromatic carbocycles. The summed E-state index contributed by atoms with van der Waals surface area (Å²) < 4.78 is 22.9. The summed E-state index contributed by atoms with van der Waals surface area (Å²) >= 11 is 0. The van der Waals surface area contributed by atoms with Crippen molar-refractivity contribution < 1.29 is 42.9 Å². The van der Waals surface area contributed by atoms with Crippen molar-refractivity contribution in [3.63, 3.8) is 0 Å². The van der Waals surface area contributed by atoms with Crippen LogP contribution in [0.15, 0.2) is 12.2 Å². The van der Waals surface area contributed by atoms with Crippen molar-refractivity contribution in [3.05, 3.63) is 12.2 Å². The van der Waals surface area contributed by atoms with Gasteiger partial charge in [0.25, 0.3) is 6.29 Å². The van der Waals surface area contributed by atoms with Crippen LogP contribution in [0.25, 0.3) is 0 Å². The molecule has 9 nitrogen and oxygen atoms in total. The molecule has 0 bridgehead atoms. The molecule has 0 radical (unpaired) electrons. The largest absolute Gasteiger partial charge is 0.477 e. The highest BCUT2D eigenvalue weighted by Gasteiger charge is 2.25. The zero-order valence-electron chi connectivity index (χ0n) is 44.4. The van der Waals surface area contributed by atoms with Gasteiger partial charge in [-0.2, -0.15) is 0 Å². The molecule has 0 aromatic heterocycles. The second-order valence-corrected chi connectivity index (χ2v) is 20.6. The van der Waals surface area contributed by atoms with Gasteiger partial charge in [-0.3, -0.25) is 9.59 Å². The lowest BCUT2D eigenvalue weighted by Crippen LogP contribution is -2.40. The highest BCUT2D eigenvalue weighted by atomic mass is 16.7. The van der Waals surface area contributed by atoms with Crippen LogP contribution < -0.4 is 0 Å². The molecule has 0 rings (SSSR count). The molecular weight excluding hydrogens is 827 g/mol. The average molecular weight is 938 g/mol. The van der Waals surface area contributed by atoms with E-state index in [1.54, 1.807) is 0 Å². The quantitative estimate of drug-likeness (QED) is 0.0211. The van der Waals surface area contributed by atoms with Gasteiger partial charge in [0.15, 0.2) is 6.10 Å². The topological polar surface area (TPSA) is 108 Å². The van der Waals surface area contributed by atoms with E-state index in [-0.39, 0.29) is 32.2 Å². The first-order chi connectivity index (χ1) is 32.1. The van der Waals surface area contributed by atoms with Gasteiger partial charge in [-0.25, -0.2) is 4.79 Å². The molecule has 0 saturated heterocycles. The molecule has 66 heavy (non-hydrogen) atoms. The van der Waals surface area contributed by atoms with Crippen LogP contribution in [0, 0.1) is 0 Å². The molecule has 0 aromatic rings. The van der Waals surface area contributed by atoms with E-state index in [9.17, 15) is 19.5 Å². The Hall–Kier alpha value is -1.97. The molecule has 0 aliphatic carbocycles. The van der Waals surface area contributed by atoms with E-state index in [0.29, 0.717) is 17.4 Å². The molecule has 0 heterocycles. The van der Waals surface area contributed by atoms with E-state index < -0.39 is 24.3 Å². The zero-order chi connectivity index (χ0) is 48.4. The van der Waals surface area contributed by atoms with E-state index in [2.05, 4.69) is 26.0 Å². The third kappa shape index (κ3) is 49.9. The summed E-state index contributed by atoms with van der Waals surface area (Å²) in [7, 11) is 5.98. The van der Waals surface area contributed by atoms with Crippen LogP contribution in [-0.2, 0) is 33.3 Å². The van der Waals surface area contributed by atoms with Crippen molar-refractivity contribution in [3.8, 4) is 0 Å². The number of quaternary nitrogens is 1. The van der Waals surface area contributed by atoms with E-state index >= 15 is 0 Å². The molecule has 1 N–H and O–H groups in total. The van der Waals surface area contributed by atoms with Gasteiger partial charge in [0.05, 0.1) is 34.4 Å². The average Bonchev–Trinajstić information content (AvgIpc) is 3.28. The number of aliphatic carboxylic acids is 1. The maximum absolute atomic E-state index is 12.8. The number of carbonyl (C=O) groups excluding carboxylic acids is 2. The lowest BCUT2D eigenvalue weighted by molar-refractivity contribution is -0.870. The Balaban J connectivity index is 4.22. The normalized spacial score (nSPS) is 12.8. The Morgan fingerprint density at radius 2 is 0.773 bits per heavy atom. The Labute approximate surface area is 408 Å². The summed E-state index contributed by atoms with van der Waals surface area (Å²) in [6, 6.07) is 0. The third-order valence-electron chi connectivity index (χ3n) is 12.8. The predicted molar refractivity (Wildman–Crippen MR) is 277 cm³/mol. The molecule has 2 unspecified atom stereocenters. The molecule has 9 heteroatoms. The minimum atomic E-state index is -1.51. The van der Waals surface area contributed by atoms with Gasteiger partial charge >= 0.3 is 17.9 Å². The molecule has 0 fully saturated rings. The number of rotatable bonds is 53. The SMILES string of the molecule is CCCCCCCC/C=C\CCCCCCCCCCCC(=O)OC(COC(=O)CCCCCCCCCCCCCCCCCCCCCCCC)COC(OCC[N+](C)(C)C)C(=O)O. The lowest BCUT2D eigenvalue weighted by atomic mass is 10.0. The predicted octanol–water partition coefficient (Wildman–Crippen LogP) is 16.2. The number of esters is 2. The van der Waals surface area contributed by atoms with Crippen LogP contribution in [0.3, 0.4) is 0 Å². The number of allylic oxidation sites excluding steroid dienone is 2. The smallest absolute Gasteiger partial charge is 0.361 e. The Bertz CT molecular complexity index is 1090. The Kier molecular flexibility index (Phi) is 48.0. The van der Waals surface area contributed by atoms with Crippen molar-refractivity contribution in [1.29, 1.82) is 0 Å². The number of unbranched alkanes of at least 4 members (excludes halogenated alkanes) is 36. The fourth-order valence-electron chi connectivity index (χ4n) is 8.36. The van der Waals surface area contributed by atoms with Crippen LogP contribution in [0.2, 0.25) is 0 Å². The van der Waals surface area contributed by atoms with Crippen LogP contribution in [0.5, 0.6) is 0 Å². The molecule has 0 aliphatic rings. The Morgan fingerprint density at radius 1 is 0.439 bits per heavy atom. The van der Waals surface area contributed by atoms with Crippen LogP contribution >= 0.6 is 0 Å². The lowest BCUT2D eigenvalue weighted by Gasteiger charge is -2.25. The fraction of sp³-hybridized carbons (Fsp3) is 0.912. The first-order valence-corrected chi connectivity index (χ1v) is 28.4. The van der Waals surface area contributed by atoms with E-state index in [1.165, 1.54) is 212 Å². The Morgan fingerprint density at radius 3 is 1.12 bits per heavy atom. The van der Waals surface area contributed by atoms with E-state index in [1.807, 2.05) is 21.1 Å². The third-order valence-corrected chi connectivity index (χ3v) is 12.8. The number of carboxylic acids is 1. The first kappa shape index (κ1) is 64.0. The summed E-state index contributed by atoms with van der Waals surface area (Å²) in [6.07, 6.45) is 52.8. The zero-order valence-corrected chi connectivity index (χ0v) is 44.4. The van der Waals surface area contributed by atoms with Crippen molar-refractivity contribution >= 4 is 17.9 Å². The van der Waals surface area contributed by atoms with E-state index in [0.717, 1.165) is 38.5 Å². The maximum atomic E-state index is 12.8. The first-order valence-electron chi connectivity index (χ1n) is 28.4. The second-order valence-electron chi connectivity index (χ2n) is 20.6. The fourth-order valence-corrected chi connectivity index (χ4v) is 8.36. The van der Waals surface area contributed by atoms with Crippen molar-refractivity contribution in [2.75, 3.05) is 47.5 Å². The second kappa shape index (κ2) is 49.5. The molecule has 0 amide bonds. The van der Waals surface area contributed by atoms with Gasteiger partial charge < -0.3 is 28.5 Å². The minimum Gasteiger partial charge on any atom is -0.477 e. The van der Waals surface area contributed by atoms with Crippen molar-refractivity contribution in [1.82, 2.24) is 0 Å². The summed E-state index contributed by atoms with van der Waals surface area (Å²) in [4.78, 5) is 37.4. The highest BCUT2D eigenvalue weighted by molar-refractivity contribution is 5.71. The van der Waals surface area contributed by atoms with Gasteiger partial charge in [0.1, 0.15) is 13.2 Å². The number of likely N-dealkylation sites (N-methyl/N-ethyl adjacent to an activating group) is 1. The molecule has 390 valence electrons. The summed E-state index contributed by atoms with van der Waals surface area (Å²) in [5.41, 5.74) is 0. The maximum Gasteiger partial charge on any atom is 0.361 e. The van der Waals surface area contributed by atoms with Crippen LogP contribution in [-0.4, -0.2) is 87.4 Å². The molecule has 2 atom stereocenters. The monoisotopic (exact) mass is 937 g/mol. The van der Waals surface area contributed by atoms with Crippen LogP contribution in [0.1, 0.15) is 277 Å². The van der Waals surface area contributed by atoms with Gasteiger partial charge in [0.2, 0.25) is 0 Å². The molecular formula is C57H110NO8+. The highest BCUT2D eigenvalue weighted by Crippen LogP contribution is 2.17. The number of carboxylic acid groups (broad SMARTS) is 1. The van der Waals surface area contributed by atoms with Crippen molar-refractivity contribution in [2.24, 2.45) is 0 Å². The van der Waals surface area contributed by atoms with Gasteiger partial charge in [-0.05, 0) is 38.5 Å². The number of hydrogen-bond acceptors (Lipinski definition) is 7.